The zero-order valence-corrected chi connectivity index (χ0v) is 9.26. The second-order valence-corrected chi connectivity index (χ2v) is 4.45. The van der Waals surface area contributed by atoms with Gasteiger partial charge in [0.1, 0.15) is 0 Å². The quantitative estimate of drug-likeness (QED) is 0.651. The molecular weight excluding hydrogens is 172 g/mol. The number of hydrogen-bond acceptors (Lipinski definition) is 2. The molecule has 1 aliphatic carbocycles. The van der Waals surface area contributed by atoms with Crippen LogP contribution in [0.5, 0.6) is 0 Å². The fourth-order valence-electron chi connectivity index (χ4n) is 1.98. The first-order chi connectivity index (χ1) is 6.70. The van der Waals surface area contributed by atoms with Crippen molar-refractivity contribution in [1.82, 2.24) is 4.90 Å². The molecule has 2 N–H and O–H groups in total. The highest BCUT2D eigenvalue weighted by atomic mass is 15.1. The van der Waals surface area contributed by atoms with Crippen LogP contribution in [-0.2, 0) is 0 Å². The molecule has 0 unspecified atom stereocenters. The Morgan fingerprint density at radius 1 is 1.43 bits per heavy atom. The van der Waals surface area contributed by atoms with E-state index < -0.39 is 0 Å². The van der Waals surface area contributed by atoms with Gasteiger partial charge in [-0.25, -0.2) is 0 Å². The molecule has 14 heavy (non-hydrogen) atoms. The summed E-state index contributed by atoms with van der Waals surface area (Å²) in [5, 5.41) is 0. The smallest absolute Gasteiger partial charge is 0.0598 e. The van der Waals surface area contributed by atoms with Crippen molar-refractivity contribution in [2.24, 2.45) is 5.73 Å². The van der Waals surface area contributed by atoms with Gasteiger partial charge < -0.3 is 5.73 Å². The first-order valence-corrected chi connectivity index (χ1v) is 5.65. The van der Waals surface area contributed by atoms with Gasteiger partial charge in [-0.05, 0) is 38.6 Å². The van der Waals surface area contributed by atoms with Crippen molar-refractivity contribution in [3.8, 4) is 12.3 Å². The van der Waals surface area contributed by atoms with Gasteiger partial charge in [-0.1, -0.05) is 12.8 Å². The van der Waals surface area contributed by atoms with Crippen molar-refractivity contribution >= 4 is 0 Å². The first-order valence-electron chi connectivity index (χ1n) is 5.65. The van der Waals surface area contributed by atoms with E-state index in [0.717, 1.165) is 26.1 Å². The Balaban J connectivity index is 2.22. The SMILES string of the molecule is C#CCN(CCC)CCC1(N)CCC1. The van der Waals surface area contributed by atoms with Crippen LogP contribution in [0.4, 0.5) is 0 Å². The maximum atomic E-state index is 6.17. The lowest BCUT2D eigenvalue weighted by atomic mass is 9.75. The van der Waals surface area contributed by atoms with Gasteiger partial charge >= 0.3 is 0 Å². The lowest BCUT2D eigenvalue weighted by Crippen LogP contribution is -2.48. The molecule has 0 bridgehead atoms. The summed E-state index contributed by atoms with van der Waals surface area (Å²) in [6, 6.07) is 0. The highest BCUT2D eigenvalue weighted by molar-refractivity contribution is 4.94. The predicted octanol–water partition coefficient (Wildman–Crippen LogP) is 1.60. The minimum atomic E-state index is 0.139. The Bertz CT molecular complexity index is 201. The third-order valence-corrected chi connectivity index (χ3v) is 3.13. The van der Waals surface area contributed by atoms with E-state index in [1.54, 1.807) is 0 Å². The largest absolute Gasteiger partial charge is 0.325 e. The fraction of sp³-hybridized carbons (Fsp3) is 0.833. The van der Waals surface area contributed by atoms with Crippen molar-refractivity contribution in [2.75, 3.05) is 19.6 Å². The van der Waals surface area contributed by atoms with E-state index in [2.05, 4.69) is 17.7 Å². The summed E-state index contributed by atoms with van der Waals surface area (Å²) in [4.78, 5) is 2.33. The lowest BCUT2D eigenvalue weighted by Gasteiger charge is -2.39. The summed E-state index contributed by atoms with van der Waals surface area (Å²) in [7, 11) is 0. The van der Waals surface area contributed by atoms with Crippen LogP contribution in [-0.4, -0.2) is 30.1 Å². The Morgan fingerprint density at radius 2 is 2.14 bits per heavy atom. The van der Waals surface area contributed by atoms with E-state index >= 15 is 0 Å². The van der Waals surface area contributed by atoms with E-state index in [4.69, 9.17) is 12.2 Å². The number of nitrogens with zero attached hydrogens (tertiary/aromatic N) is 1. The van der Waals surface area contributed by atoms with E-state index in [1.807, 2.05) is 0 Å². The Kier molecular flexibility index (Phi) is 4.44. The van der Waals surface area contributed by atoms with Gasteiger partial charge in [-0.15, -0.1) is 6.42 Å². The van der Waals surface area contributed by atoms with Crippen molar-refractivity contribution in [3.05, 3.63) is 0 Å². The minimum Gasteiger partial charge on any atom is -0.325 e. The van der Waals surface area contributed by atoms with Gasteiger partial charge in [0.2, 0.25) is 0 Å². The molecule has 0 amide bonds. The van der Waals surface area contributed by atoms with Crippen molar-refractivity contribution in [3.63, 3.8) is 0 Å². The molecular formula is C12H22N2. The molecule has 0 aromatic carbocycles. The zero-order valence-electron chi connectivity index (χ0n) is 9.26. The second-order valence-electron chi connectivity index (χ2n) is 4.45. The molecule has 2 heteroatoms. The normalized spacial score (nSPS) is 19.0. The van der Waals surface area contributed by atoms with Crippen LogP contribution in [0.1, 0.15) is 39.0 Å². The van der Waals surface area contributed by atoms with E-state index in [-0.39, 0.29) is 5.54 Å². The summed E-state index contributed by atoms with van der Waals surface area (Å²) in [5.74, 6) is 2.71. The molecule has 0 aliphatic heterocycles. The molecule has 1 saturated carbocycles. The number of rotatable bonds is 6. The monoisotopic (exact) mass is 194 g/mol. The molecule has 0 aromatic rings. The van der Waals surface area contributed by atoms with Crippen molar-refractivity contribution < 1.29 is 0 Å². The number of hydrogen-bond donors (Lipinski definition) is 1. The van der Waals surface area contributed by atoms with Gasteiger partial charge in [-0.2, -0.15) is 0 Å². The van der Waals surface area contributed by atoms with Crippen LogP contribution >= 0.6 is 0 Å². The molecule has 80 valence electrons. The topological polar surface area (TPSA) is 29.3 Å². The van der Waals surface area contributed by atoms with Gasteiger partial charge in [0, 0.05) is 12.1 Å². The molecule has 0 spiro atoms. The molecule has 0 saturated heterocycles. The molecule has 0 aromatic heterocycles. The molecule has 1 rings (SSSR count). The summed E-state index contributed by atoms with van der Waals surface area (Å²) in [5.41, 5.74) is 6.30. The van der Waals surface area contributed by atoms with Crippen molar-refractivity contribution in [2.45, 2.75) is 44.6 Å². The minimum absolute atomic E-state index is 0.139. The number of terminal acetylenes is 1. The second kappa shape index (κ2) is 5.38. The highest BCUT2D eigenvalue weighted by Gasteiger charge is 2.32. The van der Waals surface area contributed by atoms with Crippen LogP contribution < -0.4 is 5.73 Å². The first kappa shape index (κ1) is 11.6. The van der Waals surface area contributed by atoms with Gasteiger partial charge in [-0.3, -0.25) is 4.90 Å². The summed E-state index contributed by atoms with van der Waals surface area (Å²) in [6.07, 6.45) is 11.3. The molecule has 2 nitrogen and oxygen atoms in total. The van der Waals surface area contributed by atoms with E-state index in [0.29, 0.717) is 0 Å². The lowest BCUT2D eigenvalue weighted by molar-refractivity contribution is 0.190. The maximum absolute atomic E-state index is 6.17. The third-order valence-electron chi connectivity index (χ3n) is 3.13. The Labute approximate surface area is 87.8 Å². The third kappa shape index (κ3) is 3.32. The van der Waals surface area contributed by atoms with E-state index in [1.165, 1.54) is 25.7 Å². The summed E-state index contributed by atoms with van der Waals surface area (Å²) >= 11 is 0. The van der Waals surface area contributed by atoms with Gasteiger partial charge in [0.05, 0.1) is 6.54 Å². The van der Waals surface area contributed by atoms with Crippen LogP contribution in [0.15, 0.2) is 0 Å². The predicted molar refractivity (Wildman–Crippen MR) is 61.0 cm³/mol. The summed E-state index contributed by atoms with van der Waals surface area (Å²) < 4.78 is 0. The standard InChI is InChI=1S/C12H22N2/c1-3-9-14(10-4-2)11-8-12(13)6-5-7-12/h1H,4-11,13H2,2H3. The average Bonchev–Trinajstić information content (AvgIpc) is 2.12. The molecule has 1 fully saturated rings. The fourth-order valence-corrected chi connectivity index (χ4v) is 1.98. The average molecular weight is 194 g/mol. The number of nitrogens with two attached hydrogens (primary N) is 1. The van der Waals surface area contributed by atoms with Gasteiger partial charge in [0.25, 0.3) is 0 Å². The molecule has 0 atom stereocenters. The highest BCUT2D eigenvalue weighted by Crippen LogP contribution is 2.32. The van der Waals surface area contributed by atoms with Crippen molar-refractivity contribution in [1.29, 1.82) is 0 Å². The summed E-state index contributed by atoms with van der Waals surface area (Å²) in [6.45, 7) is 5.11. The van der Waals surface area contributed by atoms with Crippen LogP contribution in [0.25, 0.3) is 0 Å². The van der Waals surface area contributed by atoms with Crippen LogP contribution in [0.2, 0.25) is 0 Å². The molecule has 1 aliphatic rings. The Morgan fingerprint density at radius 3 is 2.57 bits per heavy atom. The van der Waals surface area contributed by atoms with Crippen LogP contribution in [0.3, 0.4) is 0 Å². The van der Waals surface area contributed by atoms with E-state index in [9.17, 15) is 0 Å². The molecule has 0 radical (unpaired) electrons. The maximum Gasteiger partial charge on any atom is 0.0598 e. The van der Waals surface area contributed by atoms with Gasteiger partial charge in [0.15, 0.2) is 0 Å². The Hall–Kier alpha value is -0.520. The zero-order chi connectivity index (χ0) is 10.4. The van der Waals surface area contributed by atoms with Crippen LogP contribution in [0, 0.1) is 12.3 Å². The molecule has 0 heterocycles.